The van der Waals surface area contributed by atoms with Gasteiger partial charge in [0.2, 0.25) is 11.8 Å². The molecule has 2 fully saturated rings. The molecule has 140 valence electrons. The summed E-state index contributed by atoms with van der Waals surface area (Å²) < 4.78 is 34.2. The average Bonchev–Trinajstić information content (AvgIpc) is 2.93. The zero-order valence-electron chi connectivity index (χ0n) is 14.2. The van der Waals surface area contributed by atoms with E-state index in [0.717, 1.165) is 17.0 Å². The number of carbonyl (C=O) groups is 3. The van der Waals surface area contributed by atoms with E-state index in [1.165, 1.54) is 6.92 Å². The van der Waals surface area contributed by atoms with Gasteiger partial charge >= 0.3 is 6.09 Å². The van der Waals surface area contributed by atoms with Gasteiger partial charge in [0.15, 0.2) is 0 Å². The molecule has 3 rings (SSSR count). The molecule has 3 amide bonds. The number of benzene rings is 1. The maximum absolute atomic E-state index is 14.5. The van der Waals surface area contributed by atoms with Crippen LogP contribution in [0, 0.1) is 11.6 Å². The minimum absolute atomic E-state index is 0.0255. The van der Waals surface area contributed by atoms with Gasteiger partial charge in [-0.2, -0.15) is 0 Å². The first-order chi connectivity index (χ1) is 12.3. The van der Waals surface area contributed by atoms with Crippen molar-refractivity contribution in [3.63, 3.8) is 0 Å². The molecule has 2 atom stereocenters. The first-order valence-electron chi connectivity index (χ1n) is 8.33. The molecule has 0 aromatic heterocycles. The van der Waals surface area contributed by atoms with Crippen LogP contribution in [0.5, 0.6) is 0 Å². The third-order valence-corrected chi connectivity index (χ3v) is 4.48. The molecule has 1 aromatic rings. The van der Waals surface area contributed by atoms with Crippen LogP contribution in [-0.2, 0) is 14.3 Å². The van der Waals surface area contributed by atoms with Crippen LogP contribution in [0.3, 0.4) is 0 Å². The van der Waals surface area contributed by atoms with Gasteiger partial charge in [-0.05, 0) is 18.6 Å². The summed E-state index contributed by atoms with van der Waals surface area (Å²) in [4.78, 5) is 35.5. The second kappa shape index (κ2) is 7.27. The van der Waals surface area contributed by atoms with Gasteiger partial charge in [-0.25, -0.2) is 13.6 Å². The summed E-state index contributed by atoms with van der Waals surface area (Å²) in [5.41, 5.74) is -0.0923. The lowest BCUT2D eigenvalue weighted by Gasteiger charge is -2.24. The molecular formula is C17H19F2N3O4. The predicted molar refractivity (Wildman–Crippen MR) is 87.6 cm³/mol. The van der Waals surface area contributed by atoms with Gasteiger partial charge in [0.1, 0.15) is 17.7 Å². The van der Waals surface area contributed by atoms with Crippen molar-refractivity contribution in [3.8, 4) is 0 Å². The number of rotatable bonds is 4. The Morgan fingerprint density at radius 1 is 1.35 bits per heavy atom. The quantitative estimate of drug-likeness (QED) is 0.843. The third-order valence-electron chi connectivity index (χ3n) is 4.48. The number of piperidine rings is 1. The van der Waals surface area contributed by atoms with Crippen LogP contribution in [0.2, 0.25) is 0 Å². The molecule has 0 bridgehead atoms. The minimum atomic E-state index is -0.794. The number of halogens is 2. The van der Waals surface area contributed by atoms with E-state index in [-0.39, 0.29) is 42.6 Å². The van der Waals surface area contributed by atoms with Crippen molar-refractivity contribution >= 4 is 23.6 Å². The van der Waals surface area contributed by atoms with Gasteiger partial charge in [0, 0.05) is 31.4 Å². The number of nitrogens with zero attached hydrogens (tertiary/aromatic N) is 1. The molecular weight excluding hydrogens is 348 g/mol. The number of ether oxygens (including phenoxy) is 1. The topological polar surface area (TPSA) is 87.7 Å². The van der Waals surface area contributed by atoms with Crippen LogP contribution in [0.25, 0.3) is 0 Å². The van der Waals surface area contributed by atoms with Crippen molar-refractivity contribution in [2.45, 2.75) is 31.8 Å². The lowest BCUT2D eigenvalue weighted by molar-refractivity contribution is -0.122. The predicted octanol–water partition coefficient (Wildman–Crippen LogP) is 1.42. The summed E-state index contributed by atoms with van der Waals surface area (Å²) in [7, 11) is 0. The number of amides is 3. The average molecular weight is 367 g/mol. The van der Waals surface area contributed by atoms with E-state index in [1.54, 1.807) is 0 Å². The highest BCUT2D eigenvalue weighted by molar-refractivity contribution is 5.90. The Morgan fingerprint density at radius 3 is 2.65 bits per heavy atom. The first-order valence-corrected chi connectivity index (χ1v) is 8.33. The standard InChI is InChI=1S/C17H19F2N3O4/c1-9(23)21-7-12-8-22(17(25)26-12)11-5-13(18)16(14(19)6-11)10-2-3-20-15(24)4-10/h5-6,10,12H,2-4,7-8H2,1H3,(H,20,24)(H,21,23)/t10-,12-/m0/s1. The lowest BCUT2D eigenvalue weighted by Crippen LogP contribution is -2.34. The molecule has 7 nitrogen and oxygen atoms in total. The molecule has 1 aromatic carbocycles. The van der Waals surface area contributed by atoms with E-state index >= 15 is 0 Å². The van der Waals surface area contributed by atoms with Crippen molar-refractivity contribution in [3.05, 3.63) is 29.3 Å². The number of hydrogen-bond donors (Lipinski definition) is 2. The second-order valence-electron chi connectivity index (χ2n) is 6.42. The highest BCUT2D eigenvalue weighted by Crippen LogP contribution is 2.33. The van der Waals surface area contributed by atoms with Crippen LogP contribution in [0.1, 0.15) is 31.2 Å². The molecule has 2 saturated heterocycles. The SMILES string of the molecule is CC(=O)NC[C@H]1CN(c2cc(F)c([C@H]3CCNC(=O)C3)c(F)c2)C(=O)O1. The molecule has 2 aliphatic rings. The summed E-state index contributed by atoms with van der Waals surface area (Å²) in [5, 5.41) is 5.15. The van der Waals surface area contributed by atoms with Crippen molar-refractivity contribution < 1.29 is 27.9 Å². The highest BCUT2D eigenvalue weighted by Gasteiger charge is 2.34. The zero-order chi connectivity index (χ0) is 18.8. The van der Waals surface area contributed by atoms with E-state index in [2.05, 4.69) is 10.6 Å². The number of carbonyl (C=O) groups excluding carboxylic acids is 3. The maximum Gasteiger partial charge on any atom is 0.414 e. The van der Waals surface area contributed by atoms with Crippen molar-refractivity contribution in [2.24, 2.45) is 0 Å². The molecule has 0 unspecified atom stereocenters. The van der Waals surface area contributed by atoms with Gasteiger partial charge in [-0.1, -0.05) is 0 Å². The Morgan fingerprint density at radius 2 is 2.04 bits per heavy atom. The molecule has 2 aliphatic heterocycles. The van der Waals surface area contributed by atoms with Crippen molar-refractivity contribution in [2.75, 3.05) is 24.5 Å². The van der Waals surface area contributed by atoms with Crippen LogP contribution in [0.15, 0.2) is 12.1 Å². The highest BCUT2D eigenvalue weighted by atomic mass is 19.1. The summed E-state index contributed by atoms with van der Waals surface area (Å²) in [6.07, 6.45) is -0.857. The molecule has 0 spiro atoms. The Kier molecular flexibility index (Phi) is 5.06. The van der Waals surface area contributed by atoms with Crippen LogP contribution in [-0.4, -0.2) is 43.6 Å². The van der Waals surface area contributed by atoms with Gasteiger partial charge in [0.25, 0.3) is 0 Å². The van der Waals surface area contributed by atoms with Crippen LogP contribution in [0.4, 0.5) is 19.3 Å². The molecule has 0 radical (unpaired) electrons. The number of cyclic esters (lactones) is 1. The van der Waals surface area contributed by atoms with E-state index < -0.39 is 29.7 Å². The Balaban J connectivity index is 1.78. The smallest absolute Gasteiger partial charge is 0.414 e. The van der Waals surface area contributed by atoms with Crippen LogP contribution >= 0.6 is 0 Å². The number of anilines is 1. The molecule has 0 saturated carbocycles. The fourth-order valence-electron chi connectivity index (χ4n) is 3.24. The summed E-state index contributed by atoms with van der Waals surface area (Å²) in [5.74, 6) is -2.63. The monoisotopic (exact) mass is 367 g/mol. The number of nitrogens with one attached hydrogen (secondary N) is 2. The molecule has 2 heterocycles. The lowest BCUT2D eigenvalue weighted by atomic mass is 9.89. The van der Waals surface area contributed by atoms with E-state index in [0.29, 0.717) is 13.0 Å². The third kappa shape index (κ3) is 3.76. The van der Waals surface area contributed by atoms with Crippen molar-refractivity contribution in [1.29, 1.82) is 0 Å². The van der Waals surface area contributed by atoms with Gasteiger partial charge < -0.3 is 15.4 Å². The normalized spacial score (nSPS) is 22.8. The molecule has 9 heteroatoms. The number of hydrogen-bond acceptors (Lipinski definition) is 4. The van der Waals surface area contributed by atoms with E-state index in [9.17, 15) is 23.2 Å². The Bertz CT molecular complexity index is 733. The maximum atomic E-state index is 14.5. The minimum Gasteiger partial charge on any atom is -0.442 e. The van der Waals surface area contributed by atoms with Gasteiger partial charge in [0.05, 0.1) is 18.8 Å². The summed E-state index contributed by atoms with van der Waals surface area (Å²) >= 11 is 0. The molecule has 26 heavy (non-hydrogen) atoms. The summed E-state index contributed by atoms with van der Waals surface area (Å²) in [6.45, 7) is 1.90. The fraction of sp³-hybridized carbons (Fsp3) is 0.471. The van der Waals surface area contributed by atoms with Crippen LogP contribution < -0.4 is 15.5 Å². The Hall–Kier alpha value is -2.71. The zero-order valence-corrected chi connectivity index (χ0v) is 14.2. The fourth-order valence-corrected chi connectivity index (χ4v) is 3.24. The summed E-state index contributed by atoms with van der Waals surface area (Å²) in [6, 6.07) is 2.15. The van der Waals surface area contributed by atoms with E-state index in [4.69, 9.17) is 4.74 Å². The van der Waals surface area contributed by atoms with E-state index in [1.807, 2.05) is 0 Å². The molecule has 0 aliphatic carbocycles. The Labute approximate surface area is 148 Å². The van der Waals surface area contributed by atoms with Crippen molar-refractivity contribution in [1.82, 2.24) is 10.6 Å². The van der Waals surface area contributed by atoms with Gasteiger partial charge in [-0.15, -0.1) is 0 Å². The molecule has 2 N–H and O–H groups in total. The first kappa shape index (κ1) is 18.1. The second-order valence-corrected chi connectivity index (χ2v) is 6.42. The largest absolute Gasteiger partial charge is 0.442 e. The van der Waals surface area contributed by atoms with Gasteiger partial charge in [-0.3, -0.25) is 14.5 Å².